The van der Waals surface area contributed by atoms with E-state index in [9.17, 15) is 0 Å². The summed E-state index contributed by atoms with van der Waals surface area (Å²) in [5.41, 5.74) is 0. The molecule has 0 aromatic carbocycles. The number of halogens is 1. The summed E-state index contributed by atoms with van der Waals surface area (Å²) in [4.78, 5) is 4.31. The van der Waals surface area contributed by atoms with Crippen LogP contribution in [0.15, 0.2) is 4.99 Å². The number of aliphatic imine (C=N–C) groups is 1. The topological polar surface area (TPSA) is 12.4 Å². The van der Waals surface area contributed by atoms with E-state index < -0.39 is 0 Å². The Bertz CT molecular complexity index is 110. The molecule has 0 spiro atoms. The first-order chi connectivity index (χ1) is 5.16. The maximum Gasteiger partial charge on any atom is 0.0439 e. The molecule has 11 heavy (non-hydrogen) atoms. The molecule has 66 valence electrons. The van der Waals surface area contributed by atoms with E-state index in [-0.39, 0.29) is 0 Å². The van der Waals surface area contributed by atoms with E-state index in [1.807, 2.05) is 6.21 Å². The molecule has 0 amide bonds. The van der Waals surface area contributed by atoms with Crippen LogP contribution in [0.5, 0.6) is 0 Å². The molecule has 2 heteroatoms. The number of hydrogen-bond acceptors (Lipinski definition) is 1. The lowest BCUT2D eigenvalue weighted by Gasteiger charge is -2.03. The second kappa shape index (κ2) is 6.66. The largest absolute Gasteiger partial charge is 0.295 e. The molecule has 0 bridgehead atoms. The van der Waals surface area contributed by atoms with Crippen molar-refractivity contribution in [2.75, 3.05) is 5.88 Å². The summed E-state index contributed by atoms with van der Waals surface area (Å²) < 4.78 is 0. The zero-order chi connectivity index (χ0) is 8.69. The van der Waals surface area contributed by atoms with Gasteiger partial charge in [0.1, 0.15) is 0 Å². The minimum absolute atomic E-state index is 0.424. The third-order valence-corrected chi connectivity index (χ3v) is 1.70. The van der Waals surface area contributed by atoms with Crippen molar-refractivity contribution in [1.29, 1.82) is 0 Å². The van der Waals surface area contributed by atoms with E-state index >= 15 is 0 Å². The third kappa shape index (κ3) is 7.86. The van der Waals surface area contributed by atoms with Gasteiger partial charge in [0.25, 0.3) is 0 Å². The van der Waals surface area contributed by atoms with Gasteiger partial charge in [-0.15, -0.1) is 11.6 Å². The van der Waals surface area contributed by atoms with Gasteiger partial charge in [-0.3, -0.25) is 4.99 Å². The summed E-state index contributed by atoms with van der Waals surface area (Å²) in [5, 5.41) is 0. The van der Waals surface area contributed by atoms with E-state index in [0.29, 0.717) is 12.0 Å². The van der Waals surface area contributed by atoms with Crippen molar-refractivity contribution in [2.45, 2.75) is 39.7 Å². The van der Waals surface area contributed by atoms with Crippen molar-refractivity contribution in [3.05, 3.63) is 0 Å². The van der Waals surface area contributed by atoms with E-state index in [1.54, 1.807) is 0 Å². The van der Waals surface area contributed by atoms with Crippen LogP contribution in [0, 0.1) is 5.92 Å². The minimum Gasteiger partial charge on any atom is -0.295 e. The molecule has 0 aromatic rings. The average Bonchev–Trinajstić information content (AvgIpc) is 1.97. The van der Waals surface area contributed by atoms with Crippen LogP contribution in [0.2, 0.25) is 0 Å². The Morgan fingerprint density at radius 2 is 2.00 bits per heavy atom. The summed E-state index contributed by atoms with van der Waals surface area (Å²) in [6, 6.07) is 0.424. The first-order valence-electron chi connectivity index (χ1n) is 4.26. The van der Waals surface area contributed by atoms with E-state index in [1.165, 1.54) is 0 Å². The van der Waals surface area contributed by atoms with Crippen LogP contribution >= 0.6 is 11.6 Å². The lowest BCUT2D eigenvalue weighted by molar-refractivity contribution is 0.673. The molecule has 0 radical (unpaired) electrons. The molecule has 0 heterocycles. The van der Waals surface area contributed by atoms with Gasteiger partial charge < -0.3 is 0 Å². The zero-order valence-corrected chi connectivity index (χ0v) is 8.43. The Morgan fingerprint density at radius 3 is 2.45 bits per heavy atom. The monoisotopic (exact) mass is 175 g/mol. The van der Waals surface area contributed by atoms with Crippen molar-refractivity contribution in [3.63, 3.8) is 0 Å². The van der Waals surface area contributed by atoms with Crippen molar-refractivity contribution in [1.82, 2.24) is 0 Å². The molecule has 0 aliphatic rings. The summed E-state index contributed by atoms with van der Waals surface area (Å²) in [6.07, 6.45) is 4.28. The summed E-state index contributed by atoms with van der Waals surface area (Å²) in [7, 11) is 0. The van der Waals surface area contributed by atoms with E-state index in [0.717, 1.165) is 18.7 Å². The summed E-state index contributed by atoms with van der Waals surface area (Å²) in [5.74, 6) is 1.34. The molecular formula is C9H18ClN. The van der Waals surface area contributed by atoms with E-state index in [4.69, 9.17) is 11.6 Å². The van der Waals surface area contributed by atoms with Gasteiger partial charge >= 0.3 is 0 Å². The first-order valence-corrected chi connectivity index (χ1v) is 4.79. The van der Waals surface area contributed by atoms with Crippen molar-refractivity contribution in [2.24, 2.45) is 10.9 Å². The van der Waals surface area contributed by atoms with E-state index in [2.05, 4.69) is 25.8 Å². The Morgan fingerprint density at radius 1 is 1.36 bits per heavy atom. The fourth-order valence-corrected chi connectivity index (χ4v) is 0.947. The molecule has 0 aliphatic heterocycles. The first kappa shape index (κ1) is 11.0. The molecule has 0 rings (SSSR count). The highest BCUT2D eigenvalue weighted by Crippen LogP contribution is 2.03. The van der Waals surface area contributed by atoms with Gasteiger partial charge in [0, 0.05) is 18.1 Å². The van der Waals surface area contributed by atoms with Gasteiger partial charge in [-0.2, -0.15) is 0 Å². The van der Waals surface area contributed by atoms with Crippen LogP contribution in [-0.4, -0.2) is 18.1 Å². The molecule has 0 fully saturated rings. The Hall–Kier alpha value is -0.0400. The summed E-state index contributed by atoms with van der Waals surface area (Å²) in [6.45, 7) is 6.36. The van der Waals surface area contributed by atoms with Gasteiger partial charge in [0.15, 0.2) is 0 Å². The van der Waals surface area contributed by atoms with Crippen LogP contribution in [0.3, 0.4) is 0 Å². The Kier molecular flexibility index (Phi) is 6.63. The van der Waals surface area contributed by atoms with Gasteiger partial charge in [-0.1, -0.05) is 6.92 Å². The molecule has 1 nitrogen and oxygen atoms in total. The predicted octanol–water partition coefficient (Wildman–Crippen LogP) is 3.12. The van der Waals surface area contributed by atoms with Gasteiger partial charge in [-0.25, -0.2) is 0 Å². The maximum atomic E-state index is 5.56. The van der Waals surface area contributed by atoms with Gasteiger partial charge in [0.2, 0.25) is 0 Å². The Labute approximate surface area is 74.9 Å². The van der Waals surface area contributed by atoms with Crippen molar-refractivity contribution >= 4 is 17.8 Å². The number of alkyl halides is 1. The maximum absolute atomic E-state index is 5.56. The normalized spacial score (nSPS) is 14.6. The molecular weight excluding hydrogens is 158 g/mol. The standard InChI is InChI=1S/C9H18ClN/c1-8(2)11-7-9(3)5-4-6-10/h7-9H,4-6H2,1-3H3. The fraction of sp³-hybridized carbons (Fsp3) is 0.889. The molecule has 0 saturated heterocycles. The predicted molar refractivity (Wildman–Crippen MR) is 52.7 cm³/mol. The molecule has 0 N–H and O–H groups in total. The summed E-state index contributed by atoms with van der Waals surface area (Å²) >= 11 is 5.56. The Balaban J connectivity index is 3.42. The quantitative estimate of drug-likeness (QED) is 0.450. The van der Waals surface area contributed by atoms with Crippen molar-refractivity contribution in [3.8, 4) is 0 Å². The lowest BCUT2D eigenvalue weighted by Crippen LogP contribution is -1.99. The minimum atomic E-state index is 0.424. The molecule has 0 aromatic heterocycles. The van der Waals surface area contributed by atoms with Crippen molar-refractivity contribution < 1.29 is 0 Å². The van der Waals surface area contributed by atoms with Gasteiger partial charge in [0.05, 0.1) is 0 Å². The smallest absolute Gasteiger partial charge is 0.0439 e. The highest BCUT2D eigenvalue weighted by atomic mass is 35.5. The zero-order valence-electron chi connectivity index (χ0n) is 7.68. The van der Waals surface area contributed by atoms with Crippen LogP contribution < -0.4 is 0 Å². The molecule has 1 unspecified atom stereocenters. The fourth-order valence-electron chi connectivity index (χ4n) is 0.793. The van der Waals surface area contributed by atoms with Gasteiger partial charge in [-0.05, 0) is 32.6 Å². The number of hydrogen-bond donors (Lipinski definition) is 0. The number of rotatable bonds is 5. The SMILES string of the molecule is CC(C=NC(C)C)CCCCl. The molecule has 0 saturated carbocycles. The van der Waals surface area contributed by atoms with Crippen LogP contribution in [0.4, 0.5) is 0 Å². The van der Waals surface area contributed by atoms with Crippen LogP contribution in [0.1, 0.15) is 33.6 Å². The number of nitrogens with zero attached hydrogens (tertiary/aromatic N) is 1. The highest BCUT2D eigenvalue weighted by Gasteiger charge is 1.96. The third-order valence-electron chi connectivity index (χ3n) is 1.43. The van der Waals surface area contributed by atoms with Crippen LogP contribution in [0.25, 0.3) is 0 Å². The average molecular weight is 176 g/mol. The molecule has 0 aliphatic carbocycles. The second-order valence-corrected chi connectivity index (χ2v) is 3.58. The second-order valence-electron chi connectivity index (χ2n) is 3.20. The molecule has 1 atom stereocenters. The highest BCUT2D eigenvalue weighted by molar-refractivity contribution is 6.17. The van der Waals surface area contributed by atoms with Crippen LogP contribution in [-0.2, 0) is 0 Å². The lowest BCUT2D eigenvalue weighted by atomic mass is 10.1.